The number of benzene rings is 2. The molecule has 0 saturated carbocycles. The van der Waals surface area contributed by atoms with E-state index in [1.165, 1.54) is 4.31 Å². The van der Waals surface area contributed by atoms with E-state index < -0.39 is 10.0 Å². The summed E-state index contributed by atoms with van der Waals surface area (Å²) in [6, 6.07) is 9.40. The second-order valence-electron chi connectivity index (χ2n) is 9.30. The minimum absolute atomic E-state index is 0.142. The van der Waals surface area contributed by atoms with E-state index in [9.17, 15) is 13.2 Å². The molecule has 0 unspecified atom stereocenters. The molecule has 1 aromatic heterocycles. The maximum absolute atomic E-state index is 14.1. The Kier molecular flexibility index (Phi) is 6.76. The fraction of sp³-hybridized carbons (Fsp3) is 0.444. The lowest BCUT2D eigenvalue weighted by molar-refractivity contribution is 0.0731. The number of aryl methyl sites for hydroxylation is 3. The first kappa shape index (κ1) is 24.3. The highest BCUT2D eigenvalue weighted by atomic mass is 32.2. The lowest BCUT2D eigenvalue weighted by Gasteiger charge is -2.24. The van der Waals surface area contributed by atoms with Gasteiger partial charge in [-0.1, -0.05) is 25.0 Å². The Morgan fingerprint density at radius 3 is 2.29 bits per heavy atom. The first-order valence-electron chi connectivity index (χ1n) is 12.1. The van der Waals surface area contributed by atoms with Crippen LogP contribution in [0.1, 0.15) is 65.4 Å². The summed E-state index contributed by atoms with van der Waals surface area (Å²) in [5, 5.41) is 0.681. The van der Waals surface area contributed by atoms with Crippen LogP contribution in [0.4, 0.5) is 5.69 Å². The number of carbonyl (C=O) groups excluding carboxylic acids is 1. The van der Waals surface area contributed by atoms with Crippen LogP contribution in [0.25, 0.3) is 11.0 Å². The predicted octanol–water partition coefficient (Wildman–Crippen LogP) is 5.90. The van der Waals surface area contributed by atoms with Gasteiger partial charge in [-0.25, -0.2) is 8.42 Å². The molecule has 1 aliphatic heterocycles. The van der Waals surface area contributed by atoms with Crippen molar-refractivity contribution < 1.29 is 17.6 Å². The van der Waals surface area contributed by atoms with E-state index in [-0.39, 0.29) is 28.7 Å². The summed E-state index contributed by atoms with van der Waals surface area (Å²) in [5.41, 5.74) is 4.05. The zero-order valence-corrected chi connectivity index (χ0v) is 21.6. The van der Waals surface area contributed by atoms with Crippen molar-refractivity contribution in [1.29, 1.82) is 0 Å². The molecular weight excluding hydrogens is 448 g/mol. The monoisotopic (exact) mass is 482 g/mol. The molecule has 0 spiro atoms. The van der Waals surface area contributed by atoms with Gasteiger partial charge in [-0.05, 0) is 82.3 Å². The molecule has 34 heavy (non-hydrogen) atoms. The zero-order chi connectivity index (χ0) is 24.6. The molecule has 2 heterocycles. The molecular formula is C27H34N2O4S. The van der Waals surface area contributed by atoms with Crippen LogP contribution in [0, 0.1) is 27.7 Å². The molecule has 2 aromatic carbocycles. The van der Waals surface area contributed by atoms with Gasteiger partial charge in [-0.15, -0.1) is 0 Å². The smallest absolute Gasteiger partial charge is 0.289 e. The van der Waals surface area contributed by atoms with Crippen molar-refractivity contribution in [2.24, 2.45) is 0 Å². The van der Waals surface area contributed by atoms with E-state index in [2.05, 4.69) is 0 Å². The number of carbonyl (C=O) groups is 1. The quantitative estimate of drug-likeness (QED) is 0.454. The number of hydrogen-bond acceptors (Lipinski definition) is 4. The van der Waals surface area contributed by atoms with E-state index in [4.69, 9.17) is 4.42 Å². The molecule has 7 heteroatoms. The highest BCUT2D eigenvalue weighted by Gasteiger charge is 2.33. The Bertz CT molecular complexity index is 1330. The van der Waals surface area contributed by atoms with Gasteiger partial charge in [0.25, 0.3) is 15.9 Å². The second-order valence-corrected chi connectivity index (χ2v) is 11.1. The zero-order valence-electron chi connectivity index (χ0n) is 20.8. The van der Waals surface area contributed by atoms with Crippen molar-refractivity contribution in [3.8, 4) is 0 Å². The van der Waals surface area contributed by atoms with Crippen molar-refractivity contribution in [3.63, 3.8) is 0 Å². The third-order valence-electron chi connectivity index (χ3n) is 6.90. The van der Waals surface area contributed by atoms with Crippen LogP contribution in [-0.4, -0.2) is 38.9 Å². The lowest BCUT2D eigenvalue weighted by atomic mass is 10.0. The molecule has 3 aromatic rings. The topological polar surface area (TPSA) is 70.8 Å². The molecule has 0 atom stereocenters. The van der Waals surface area contributed by atoms with Gasteiger partial charge in [0.1, 0.15) is 4.90 Å². The molecule has 1 fully saturated rings. The molecule has 0 aliphatic carbocycles. The maximum Gasteiger partial charge on any atom is 0.289 e. The predicted molar refractivity (Wildman–Crippen MR) is 136 cm³/mol. The Morgan fingerprint density at radius 1 is 1.00 bits per heavy atom. The van der Waals surface area contributed by atoms with E-state index in [1.54, 1.807) is 13.0 Å². The van der Waals surface area contributed by atoms with E-state index in [0.29, 0.717) is 35.3 Å². The second kappa shape index (κ2) is 9.45. The van der Waals surface area contributed by atoms with Gasteiger partial charge in [0.2, 0.25) is 0 Å². The summed E-state index contributed by atoms with van der Waals surface area (Å²) in [6.45, 7) is 11.0. The molecule has 6 nitrogen and oxygen atoms in total. The van der Waals surface area contributed by atoms with Crippen LogP contribution in [-0.2, 0) is 10.0 Å². The number of nitrogens with zero attached hydrogens (tertiary/aromatic N) is 2. The van der Waals surface area contributed by atoms with Gasteiger partial charge in [-0.3, -0.25) is 9.10 Å². The van der Waals surface area contributed by atoms with Crippen molar-refractivity contribution >= 4 is 32.6 Å². The lowest BCUT2D eigenvalue weighted by Crippen LogP contribution is -2.32. The summed E-state index contributed by atoms with van der Waals surface area (Å²) >= 11 is 0. The van der Waals surface area contributed by atoms with E-state index in [0.717, 1.165) is 36.8 Å². The van der Waals surface area contributed by atoms with Crippen molar-refractivity contribution in [1.82, 2.24) is 4.90 Å². The van der Waals surface area contributed by atoms with Crippen LogP contribution in [0.2, 0.25) is 0 Å². The highest BCUT2D eigenvalue weighted by Crippen LogP contribution is 2.38. The summed E-state index contributed by atoms with van der Waals surface area (Å²) in [5.74, 6) is 0.0947. The van der Waals surface area contributed by atoms with Gasteiger partial charge >= 0.3 is 0 Å². The molecule has 1 amide bonds. The fourth-order valence-corrected chi connectivity index (χ4v) is 6.74. The summed E-state index contributed by atoms with van der Waals surface area (Å²) in [7, 11) is -3.95. The van der Waals surface area contributed by atoms with Gasteiger partial charge in [-0.2, -0.15) is 0 Å². The third-order valence-corrected chi connectivity index (χ3v) is 8.96. The molecule has 0 bridgehead atoms. The molecule has 1 aliphatic rings. The van der Waals surface area contributed by atoms with Crippen LogP contribution < -0.4 is 4.31 Å². The Morgan fingerprint density at radius 2 is 1.68 bits per heavy atom. The van der Waals surface area contributed by atoms with Crippen molar-refractivity contribution in [3.05, 3.63) is 58.3 Å². The van der Waals surface area contributed by atoms with Crippen molar-refractivity contribution in [2.75, 3.05) is 23.9 Å². The van der Waals surface area contributed by atoms with E-state index >= 15 is 0 Å². The fourth-order valence-electron chi connectivity index (χ4n) is 4.86. The van der Waals surface area contributed by atoms with Gasteiger partial charge in [0.15, 0.2) is 11.3 Å². The molecule has 182 valence electrons. The third kappa shape index (κ3) is 4.22. The van der Waals surface area contributed by atoms with Gasteiger partial charge in [0, 0.05) is 30.6 Å². The largest absolute Gasteiger partial charge is 0.449 e. The normalized spacial score (nSPS) is 14.9. The van der Waals surface area contributed by atoms with Crippen LogP contribution in [0.3, 0.4) is 0 Å². The summed E-state index contributed by atoms with van der Waals surface area (Å²) in [6.07, 6.45) is 4.20. The standard InChI is InChI=1S/C27H34N2O4S/c1-6-29(22-13-11-12-18(2)16-22)34(31,32)26-20(4)19(3)17-23-21(5)24(33-25(23)26)27(30)28-14-9-7-8-10-15-28/h11-13,16-17H,6-10,14-15H2,1-5H3. The first-order valence-corrected chi connectivity index (χ1v) is 13.5. The van der Waals surface area contributed by atoms with Crippen LogP contribution in [0.5, 0.6) is 0 Å². The number of anilines is 1. The maximum atomic E-state index is 14.1. The number of amides is 1. The molecule has 4 rings (SSSR count). The number of rotatable bonds is 5. The molecule has 1 saturated heterocycles. The summed E-state index contributed by atoms with van der Waals surface area (Å²) in [4.78, 5) is 15.4. The average molecular weight is 483 g/mol. The highest BCUT2D eigenvalue weighted by molar-refractivity contribution is 7.93. The molecule has 0 radical (unpaired) electrons. The number of fused-ring (bicyclic) bond motifs is 1. The van der Waals surface area contributed by atoms with Crippen molar-refractivity contribution in [2.45, 2.75) is 65.2 Å². The SMILES string of the molecule is CCN(c1cccc(C)c1)S(=O)(=O)c1c(C)c(C)cc2c(C)c(C(=O)N3CCCCCC3)oc12. The summed E-state index contributed by atoms with van der Waals surface area (Å²) < 4.78 is 35.7. The number of hydrogen-bond donors (Lipinski definition) is 0. The number of sulfonamides is 1. The number of likely N-dealkylation sites (tertiary alicyclic amines) is 1. The average Bonchev–Trinajstić information content (AvgIpc) is 2.96. The minimum Gasteiger partial charge on any atom is -0.449 e. The van der Waals surface area contributed by atoms with Crippen LogP contribution >= 0.6 is 0 Å². The Balaban J connectivity index is 1.89. The number of furan rings is 1. The Labute approximate surface area is 202 Å². The Hall–Kier alpha value is -2.80. The van der Waals surface area contributed by atoms with Gasteiger partial charge in [0.05, 0.1) is 5.69 Å². The van der Waals surface area contributed by atoms with Gasteiger partial charge < -0.3 is 9.32 Å². The first-order chi connectivity index (χ1) is 16.2. The minimum atomic E-state index is -3.95. The molecule has 0 N–H and O–H groups in total. The van der Waals surface area contributed by atoms with Crippen LogP contribution in [0.15, 0.2) is 39.6 Å². The van der Waals surface area contributed by atoms with E-state index in [1.807, 2.05) is 56.9 Å².